The minimum Gasteiger partial charge on any atom is -0.381 e. The molecule has 1 unspecified atom stereocenters. The lowest BCUT2D eigenvalue weighted by atomic mass is 10.7. The van der Waals surface area contributed by atoms with Gasteiger partial charge in [-0.3, -0.25) is 0 Å². The molecule has 0 aliphatic carbocycles. The Bertz CT molecular complexity index is 65.2. The molecule has 0 aromatic carbocycles. The van der Waals surface area contributed by atoms with Crippen molar-refractivity contribution in [3.05, 3.63) is 0 Å². The average Bonchev–Trinajstić information content (AvgIpc) is 1.90. The van der Waals surface area contributed by atoms with Crippen molar-refractivity contribution in [2.45, 2.75) is 12.0 Å². The molecule has 0 rings (SSSR count). The van der Waals surface area contributed by atoms with E-state index in [0.29, 0.717) is 0 Å². The van der Waals surface area contributed by atoms with E-state index in [1.54, 1.807) is 21.3 Å². The molecule has 0 radical (unpaired) electrons. The molecular weight excluding hydrogens is 136 g/mol. The number of hydrogen-bond acceptors (Lipinski definition) is 3. The monoisotopic (exact) mass is 150 g/mol. The summed E-state index contributed by atoms with van der Waals surface area (Å²) in [7, 11) is 5.79. The second-order valence-corrected chi connectivity index (χ2v) is 2.92. The molecule has 0 fully saturated rings. The zero-order valence-corrected chi connectivity index (χ0v) is 8.38. The number of rotatable bonds is 4. The van der Waals surface area contributed by atoms with Crippen LogP contribution >= 0.6 is 0 Å². The molecule has 4 heteroatoms. The van der Waals surface area contributed by atoms with Gasteiger partial charge in [-0.25, -0.2) is 0 Å². The van der Waals surface area contributed by atoms with Gasteiger partial charge in [-0.05, 0) is 0 Å². The third-order valence-corrected chi connectivity index (χ3v) is 2.24. The topological polar surface area (TPSA) is 27.7 Å². The van der Waals surface area contributed by atoms with E-state index in [1.807, 2.05) is 0 Å². The standard InChI is InChI=1S/C5H14O3Si/c1-6-4(7-2)5(9)8-3/h4-5H,1-3,9H3. The van der Waals surface area contributed by atoms with Gasteiger partial charge in [-0.15, -0.1) is 0 Å². The Morgan fingerprint density at radius 3 is 1.56 bits per heavy atom. The molecule has 0 heterocycles. The summed E-state index contributed by atoms with van der Waals surface area (Å²) in [5.74, 6) is 0. The highest BCUT2D eigenvalue weighted by Gasteiger charge is 2.13. The molecule has 0 amide bonds. The molecular formula is C5H14O3Si. The summed E-state index contributed by atoms with van der Waals surface area (Å²) >= 11 is 0. The summed E-state index contributed by atoms with van der Waals surface area (Å²) in [6.07, 6.45) is -0.193. The molecule has 0 aliphatic heterocycles. The normalized spacial score (nSPS) is 14.7. The van der Waals surface area contributed by atoms with Gasteiger partial charge < -0.3 is 14.2 Å². The van der Waals surface area contributed by atoms with E-state index >= 15 is 0 Å². The molecule has 0 aromatic rings. The predicted molar refractivity (Wildman–Crippen MR) is 38.5 cm³/mol. The first-order chi connectivity index (χ1) is 4.26. The summed E-state index contributed by atoms with van der Waals surface area (Å²) < 4.78 is 14.9. The molecule has 0 N–H and O–H groups in total. The number of hydrogen-bond donors (Lipinski definition) is 0. The van der Waals surface area contributed by atoms with Gasteiger partial charge in [0.2, 0.25) is 0 Å². The molecule has 56 valence electrons. The van der Waals surface area contributed by atoms with Gasteiger partial charge >= 0.3 is 0 Å². The van der Waals surface area contributed by atoms with Gasteiger partial charge in [0, 0.05) is 31.6 Å². The Balaban J connectivity index is 3.50. The summed E-state index contributed by atoms with van der Waals surface area (Å²) in [4.78, 5) is 0. The predicted octanol–water partition coefficient (Wildman–Crippen LogP) is -1.06. The third kappa shape index (κ3) is 2.95. The van der Waals surface area contributed by atoms with Crippen LogP contribution in [0.4, 0.5) is 0 Å². The summed E-state index contributed by atoms with van der Waals surface area (Å²) in [5, 5.41) is 0. The minimum absolute atomic E-state index is 0.125. The second-order valence-electron chi connectivity index (χ2n) is 1.78. The van der Waals surface area contributed by atoms with E-state index in [2.05, 4.69) is 0 Å². The van der Waals surface area contributed by atoms with Gasteiger partial charge in [0.15, 0.2) is 6.29 Å². The zero-order valence-electron chi connectivity index (χ0n) is 6.38. The van der Waals surface area contributed by atoms with E-state index in [1.165, 1.54) is 0 Å². The van der Waals surface area contributed by atoms with Crippen LogP contribution < -0.4 is 0 Å². The Hall–Kier alpha value is 0.0969. The Morgan fingerprint density at radius 1 is 1.00 bits per heavy atom. The smallest absolute Gasteiger partial charge is 0.178 e. The molecule has 0 saturated heterocycles. The Kier molecular flexibility index (Phi) is 4.98. The van der Waals surface area contributed by atoms with Crippen LogP contribution in [0.5, 0.6) is 0 Å². The fraction of sp³-hybridized carbons (Fsp3) is 1.00. The highest BCUT2D eigenvalue weighted by molar-refractivity contribution is 6.11. The highest BCUT2D eigenvalue weighted by atomic mass is 28.1. The largest absolute Gasteiger partial charge is 0.381 e. The van der Waals surface area contributed by atoms with Crippen molar-refractivity contribution >= 4 is 10.2 Å². The third-order valence-electron chi connectivity index (χ3n) is 1.22. The first kappa shape index (κ1) is 9.10. The second kappa shape index (κ2) is 4.93. The maximum absolute atomic E-state index is 5.01. The van der Waals surface area contributed by atoms with Crippen LogP contribution in [0.15, 0.2) is 0 Å². The van der Waals surface area contributed by atoms with E-state index in [-0.39, 0.29) is 12.0 Å². The van der Waals surface area contributed by atoms with Crippen molar-refractivity contribution < 1.29 is 14.2 Å². The van der Waals surface area contributed by atoms with Crippen LogP contribution in [0.3, 0.4) is 0 Å². The lowest BCUT2D eigenvalue weighted by Crippen LogP contribution is -2.31. The summed E-state index contributed by atoms with van der Waals surface area (Å²) in [6.45, 7) is 0. The fourth-order valence-electron chi connectivity index (χ4n) is 0.591. The van der Waals surface area contributed by atoms with Crippen LogP contribution in [-0.4, -0.2) is 43.6 Å². The molecule has 1 atom stereocenters. The van der Waals surface area contributed by atoms with Gasteiger partial charge in [0.1, 0.15) is 0 Å². The van der Waals surface area contributed by atoms with E-state index in [0.717, 1.165) is 10.2 Å². The maximum atomic E-state index is 5.01. The van der Waals surface area contributed by atoms with Crippen LogP contribution in [0, 0.1) is 0 Å². The van der Waals surface area contributed by atoms with Crippen molar-refractivity contribution in [1.82, 2.24) is 0 Å². The van der Waals surface area contributed by atoms with Crippen LogP contribution in [0.25, 0.3) is 0 Å². The Labute approximate surface area is 58.7 Å². The molecule has 0 aliphatic rings. The lowest BCUT2D eigenvalue weighted by molar-refractivity contribution is -0.148. The highest BCUT2D eigenvalue weighted by Crippen LogP contribution is 1.97. The van der Waals surface area contributed by atoms with Gasteiger partial charge in [-0.2, -0.15) is 0 Å². The lowest BCUT2D eigenvalue weighted by Gasteiger charge is -2.19. The van der Waals surface area contributed by atoms with E-state index < -0.39 is 0 Å². The first-order valence-electron chi connectivity index (χ1n) is 2.84. The van der Waals surface area contributed by atoms with Crippen LogP contribution in [0.1, 0.15) is 0 Å². The van der Waals surface area contributed by atoms with E-state index in [4.69, 9.17) is 14.2 Å². The fourth-order valence-corrected chi connectivity index (χ4v) is 1.13. The quantitative estimate of drug-likeness (QED) is 0.378. The van der Waals surface area contributed by atoms with E-state index in [9.17, 15) is 0 Å². The number of methoxy groups -OCH3 is 3. The zero-order chi connectivity index (χ0) is 7.28. The van der Waals surface area contributed by atoms with Crippen molar-refractivity contribution in [3.63, 3.8) is 0 Å². The summed E-state index contributed by atoms with van der Waals surface area (Å²) in [6, 6.07) is 0. The molecule has 0 spiro atoms. The van der Waals surface area contributed by atoms with Crippen LogP contribution in [-0.2, 0) is 14.2 Å². The van der Waals surface area contributed by atoms with Crippen molar-refractivity contribution in [2.24, 2.45) is 0 Å². The molecule has 0 saturated carbocycles. The van der Waals surface area contributed by atoms with Crippen LogP contribution in [0.2, 0.25) is 0 Å². The molecule has 9 heavy (non-hydrogen) atoms. The van der Waals surface area contributed by atoms with Gasteiger partial charge in [-0.1, -0.05) is 0 Å². The summed E-state index contributed by atoms with van der Waals surface area (Å²) in [5.41, 5.74) is 0.125. The SMILES string of the molecule is COC([SiH3])C(OC)OC. The minimum atomic E-state index is -0.193. The average molecular weight is 150 g/mol. The maximum Gasteiger partial charge on any atom is 0.178 e. The van der Waals surface area contributed by atoms with Crippen molar-refractivity contribution in [2.75, 3.05) is 21.3 Å². The molecule has 0 aromatic heterocycles. The van der Waals surface area contributed by atoms with Gasteiger partial charge in [0.05, 0.1) is 5.73 Å². The van der Waals surface area contributed by atoms with Crippen molar-refractivity contribution in [3.8, 4) is 0 Å². The molecule has 3 nitrogen and oxygen atoms in total. The van der Waals surface area contributed by atoms with Gasteiger partial charge in [0.25, 0.3) is 0 Å². The first-order valence-corrected chi connectivity index (χ1v) is 4.00. The number of ether oxygens (including phenoxy) is 3. The van der Waals surface area contributed by atoms with Crippen molar-refractivity contribution in [1.29, 1.82) is 0 Å². The molecule has 0 bridgehead atoms. The Morgan fingerprint density at radius 2 is 1.44 bits per heavy atom.